The predicted molar refractivity (Wildman–Crippen MR) is 111 cm³/mol. The molecule has 1 N–H and O–H groups in total. The first-order valence-corrected chi connectivity index (χ1v) is 9.89. The van der Waals surface area contributed by atoms with Crippen molar-refractivity contribution in [2.75, 3.05) is 6.61 Å². The van der Waals surface area contributed by atoms with Gasteiger partial charge in [0, 0.05) is 10.9 Å². The van der Waals surface area contributed by atoms with Crippen LogP contribution in [0.1, 0.15) is 57.0 Å². The molecule has 7 heteroatoms. The summed E-state index contributed by atoms with van der Waals surface area (Å²) in [6, 6.07) is 13.8. The number of hydrazine groups is 1. The van der Waals surface area contributed by atoms with Gasteiger partial charge in [-0.3, -0.25) is 24.8 Å². The number of nitrogens with zero attached hydrogens (tertiary/aromatic N) is 2. The molecule has 2 aromatic carbocycles. The Kier molecular flexibility index (Phi) is 5.18. The fourth-order valence-electron chi connectivity index (χ4n) is 3.61. The smallest absolute Gasteiger partial charge is 0.282 e. The van der Waals surface area contributed by atoms with Crippen molar-refractivity contribution in [3.63, 3.8) is 0 Å². The van der Waals surface area contributed by atoms with E-state index in [1.54, 1.807) is 36.4 Å². The number of nitrogens with one attached hydrogen (secondary N) is 1. The predicted octanol–water partition coefficient (Wildman–Crippen LogP) is 3.53. The summed E-state index contributed by atoms with van der Waals surface area (Å²) in [5, 5.41) is 1.38. The molecule has 3 amide bonds. The molecule has 0 atom stereocenters. The first kappa shape index (κ1) is 19.6. The number of ether oxygens (including phenoxy) is 1. The maximum atomic E-state index is 13.2. The van der Waals surface area contributed by atoms with Gasteiger partial charge in [0.25, 0.3) is 17.7 Å². The molecular formula is C23H21N3O4. The summed E-state index contributed by atoms with van der Waals surface area (Å²) in [6.45, 7) is 4.29. The summed E-state index contributed by atoms with van der Waals surface area (Å²) in [5.74, 6) is -1.15. The number of carbonyl (C=O) groups excluding carboxylic acids is 3. The van der Waals surface area contributed by atoms with Crippen LogP contribution in [0.3, 0.4) is 0 Å². The molecule has 152 valence electrons. The molecule has 1 aliphatic rings. The molecule has 3 aromatic rings. The van der Waals surface area contributed by atoms with Crippen molar-refractivity contribution in [3.8, 4) is 5.75 Å². The molecule has 0 fully saturated rings. The Hall–Kier alpha value is -3.74. The number of rotatable bonds is 6. The number of benzene rings is 2. The zero-order chi connectivity index (χ0) is 21.3. The van der Waals surface area contributed by atoms with E-state index in [1.807, 2.05) is 26.0 Å². The second-order valence-corrected chi connectivity index (χ2v) is 6.92. The molecule has 2 heterocycles. The van der Waals surface area contributed by atoms with E-state index >= 15 is 0 Å². The first-order valence-electron chi connectivity index (χ1n) is 9.89. The third-order valence-electron chi connectivity index (χ3n) is 4.91. The van der Waals surface area contributed by atoms with Crippen LogP contribution in [0, 0.1) is 0 Å². The minimum atomic E-state index is -0.569. The Morgan fingerprint density at radius 3 is 2.57 bits per heavy atom. The van der Waals surface area contributed by atoms with Crippen LogP contribution in [0.25, 0.3) is 10.9 Å². The van der Waals surface area contributed by atoms with E-state index in [2.05, 4.69) is 10.4 Å². The zero-order valence-corrected chi connectivity index (χ0v) is 16.8. The molecule has 1 aromatic heterocycles. The molecule has 0 aliphatic carbocycles. The second-order valence-electron chi connectivity index (χ2n) is 6.92. The number of aromatic nitrogens is 1. The molecule has 7 nitrogen and oxygen atoms in total. The monoisotopic (exact) mass is 403 g/mol. The first-order chi connectivity index (χ1) is 14.5. The standard InChI is InChI=1S/C23H21N3O4/c1-3-8-18-20-19(16-11-5-6-12-17(16)24-18)22(28)26(23(20)29)25-21(27)14-9-7-10-15(13-14)30-4-2/h5-7,9-13H,3-4,8H2,1-2H3,(H,25,27). The largest absolute Gasteiger partial charge is 0.494 e. The van der Waals surface area contributed by atoms with Crippen LogP contribution in [0.2, 0.25) is 0 Å². The molecule has 0 bridgehead atoms. The van der Waals surface area contributed by atoms with Crippen LogP contribution in [-0.4, -0.2) is 34.3 Å². The van der Waals surface area contributed by atoms with Gasteiger partial charge in [-0.05, 0) is 37.6 Å². The van der Waals surface area contributed by atoms with Crippen LogP contribution in [0.15, 0.2) is 48.5 Å². The maximum Gasteiger partial charge on any atom is 0.282 e. The van der Waals surface area contributed by atoms with Gasteiger partial charge in [0.2, 0.25) is 0 Å². The van der Waals surface area contributed by atoms with Gasteiger partial charge in [0.15, 0.2) is 0 Å². The number of pyridine rings is 1. The van der Waals surface area contributed by atoms with Crippen molar-refractivity contribution in [2.24, 2.45) is 0 Å². The molecule has 0 spiro atoms. The molecule has 1 aliphatic heterocycles. The van der Waals surface area contributed by atoms with Crippen molar-refractivity contribution in [1.82, 2.24) is 15.4 Å². The van der Waals surface area contributed by atoms with Gasteiger partial charge >= 0.3 is 0 Å². The van der Waals surface area contributed by atoms with E-state index in [0.29, 0.717) is 35.4 Å². The van der Waals surface area contributed by atoms with Gasteiger partial charge in [0.05, 0.1) is 28.9 Å². The Labute approximate surface area is 173 Å². The molecule has 0 saturated carbocycles. The number of para-hydroxylation sites is 1. The number of hydrogen-bond acceptors (Lipinski definition) is 5. The summed E-state index contributed by atoms with van der Waals surface area (Å²) >= 11 is 0. The number of aryl methyl sites for hydroxylation is 1. The van der Waals surface area contributed by atoms with Crippen LogP contribution >= 0.6 is 0 Å². The number of hydrogen-bond donors (Lipinski definition) is 1. The number of carbonyl (C=O) groups is 3. The number of amides is 3. The SMILES string of the molecule is CCCc1nc2ccccc2c2c1C(=O)N(NC(=O)c1cccc(OCC)c1)C2=O. The van der Waals surface area contributed by atoms with E-state index in [-0.39, 0.29) is 16.7 Å². The minimum Gasteiger partial charge on any atom is -0.494 e. The van der Waals surface area contributed by atoms with E-state index in [9.17, 15) is 14.4 Å². The van der Waals surface area contributed by atoms with Gasteiger partial charge in [-0.25, -0.2) is 0 Å². The van der Waals surface area contributed by atoms with Crippen molar-refractivity contribution in [1.29, 1.82) is 0 Å². The summed E-state index contributed by atoms with van der Waals surface area (Å²) in [6.07, 6.45) is 1.33. The van der Waals surface area contributed by atoms with Crippen LogP contribution in [0.4, 0.5) is 0 Å². The highest BCUT2D eigenvalue weighted by Crippen LogP contribution is 2.31. The average molecular weight is 403 g/mol. The molecule has 30 heavy (non-hydrogen) atoms. The molecule has 4 rings (SSSR count). The molecular weight excluding hydrogens is 382 g/mol. The lowest BCUT2D eigenvalue weighted by atomic mass is 10.0. The highest BCUT2D eigenvalue weighted by atomic mass is 16.5. The lowest BCUT2D eigenvalue weighted by molar-refractivity contribution is 0.0518. The second kappa shape index (κ2) is 7.94. The zero-order valence-electron chi connectivity index (χ0n) is 16.8. The highest BCUT2D eigenvalue weighted by Gasteiger charge is 2.41. The van der Waals surface area contributed by atoms with Crippen molar-refractivity contribution < 1.29 is 19.1 Å². The average Bonchev–Trinajstić information content (AvgIpc) is 3.00. The van der Waals surface area contributed by atoms with Crippen LogP contribution in [-0.2, 0) is 6.42 Å². The highest BCUT2D eigenvalue weighted by molar-refractivity contribution is 6.27. The lowest BCUT2D eigenvalue weighted by Gasteiger charge is -2.15. The Balaban J connectivity index is 1.71. The Morgan fingerprint density at radius 1 is 1.03 bits per heavy atom. The van der Waals surface area contributed by atoms with E-state index in [4.69, 9.17) is 4.74 Å². The van der Waals surface area contributed by atoms with E-state index in [0.717, 1.165) is 11.4 Å². The molecule has 0 saturated heterocycles. The van der Waals surface area contributed by atoms with Gasteiger partial charge in [-0.2, -0.15) is 5.01 Å². The normalized spacial score (nSPS) is 12.9. The third-order valence-corrected chi connectivity index (χ3v) is 4.91. The fourth-order valence-corrected chi connectivity index (χ4v) is 3.61. The quantitative estimate of drug-likeness (QED) is 0.636. The van der Waals surface area contributed by atoms with Crippen LogP contribution < -0.4 is 10.2 Å². The Morgan fingerprint density at radius 2 is 1.80 bits per heavy atom. The molecule has 0 radical (unpaired) electrons. The van der Waals surface area contributed by atoms with Gasteiger partial charge in [-0.1, -0.05) is 37.6 Å². The summed E-state index contributed by atoms with van der Waals surface area (Å²) in [4.78, 5) is 43.6. The maximum absolute atomic E-state index is 13.2. The number of imide groups is 1. The Bertz CT molecular complexity index is 1170. The summed E-state index contributed by atoms with van der Waals surface area (Å²) in [5.41, 5.74) is 4.52. The van der Waals surface area contributed by atoms with Crippen molar-refractivity contribution >= 4 is 28.6 Å². The third kappa shape index (κ3) is 3.28. The van der Waals surface area contributed by atoms with Gasteiger partial charge in [0.1, 0.15) is 5.75 Å². The fraction of sp³-hybridized carbons (Fsp3) is 0.217. The summed E-state index contributed by atoms with van der Waals surface area (Å²) < 4.78 is 5.41. The number of fused-ring (bicyclic) bond motifs is 3. The van der Waals surface area contributed by atoms with E-state index < -0.39 is 17.7 Å². The summed E-state index contributed by atoms with van der Waals surface area (Å²) in [7, 11) is 0. The topological polar surface area (TPSA) is 88.6 Å². The van der Waals surface area contributed by atoms with Crippen LogP contribution in [0.5, 0.6) is 5.75 Å². The minimum absolute atomic E-state index is 0.268. The lowest BCUT2D eigenvalue weighted by Crippen LogP contribution is -2.46. The van der Waals surface area contributed by atoms with Gasteiger partial charge in [-0.15, -0.1) is 0 Å². The van der Waals surface area contributed by atoms with Crippen molar-refractivity contribution in [2.45, 2.75) is 26.7 Å². The molecule has 0 unspecified atom stereocenters. The van der Waals surface area contributed by atoms with Crippen molar-refractivity contribution in [3.05, 3.63) is 70.9 Å². The van der Waals surface area contributed by atoms with E-state index in [1.165, 1.54) is 0 Å². The van der Waals surface area contributed by atoms with Gasteiger partial charge < -0.3 is 4.74 Å².